The van der Waals surface area contributed by atoms with Gasteiger partial charge in [0.2, 0.25) is 0 Å². The third-order valence-corrected chi connectivity index (χ3v) is 6.08. The van der Waals surface area contributed by atoms with Gasteiger partial charge in [0, 0.05) is 37.7 Å². The predicted octanol–water partition coefficient (Wildman–Crippen LogP) is 2.75. The van der Waals surface area contributed by atoms with E-state index in [-0.39, 0.29) is 11.9 Å². The number of aromatic nitrogens is 2. The first-order valence-electron chi connectivity index (χ1n) is 9.59. The maximum Gasteiger partial charge on any atom is 0.128 e. The lowest BCUT2D eigenvalue weighted by molar-refractivity contribution is 0.143. The van der Waals surface area contributed by atoms with Crippen molar-refractivity contribution in [1.82, 2.24) is 25.3 Å². The van der Waals surface area contributed by atoms with Crippen LogP contribution in [0.1, 0.15) is 23.9 Å². The van der Waals surface area contributed by atoms with Gasteiger partial charge in [0.05, 0.1) is 23.6 Å². The number of imidazole rings is 1. The molecule has 1 aromatic heterocycles. The van der Waals surface area contributed by atoms with Crippen LogP contribution in [0.4, 0.5) is 4.39 Å². The lowest BCUT2D eigenvalue weighted by Crippen LogP contribution is -2.45. The molecule has 27 heavy (non-hydrogen) atoms. The minimum Gasteiger partial charge on any atom is -0.330 e. The number of rotatable bonds is 3. The molecular formula is C21H24FN5. The summed E-state index contributed by atoms with van der Waals surface area (Å²) in [6.07, 6.45) is 1.05. The zero-order valence-electron chi connectivity index (χ0n) is 15.4. The normalized spacial score (nSPS) is 25.8. The van der Waals surface area contributed by atoms with E-state index in [0.29, 0.717) is 12.0 Å². The van der Waals surface area contributed by atoms with Crippen LogP contribution in [0.3, 0.4) is 0 Å². The predicted molar refractivity (Wildman–Crippen MR) is 103 cm³/mol. The second-order valence-electron chi connectivity index (χ2n) is 7.66. The molecule has 3 atom stereocenters. The summed E-state index contributed by atoms with van der Waals surface area (Å²) >= 11 is 0. The number of hydrogen-bond donors (Lipinski definition) is 2. The molecule has 2 aromatic carbocycles. The van der Waals surface area contributed by atoms with Gasteiger partial charge in [0.25, 0.3) is 0 Å². The van der Waals surface area contributed by atoms with Gasteiger partial charge in [-0.15, -0.1) is 0 Å². The van der Waals surface area contributed by atoms with E-state index in [9.17, 15) is 4.39 Å². The number of piperidine rings is 1. The van der Waals surface area contributed by atoms with E-state index in [1.54, 1.807) is 12.1 Å². The Hall–Kier alpha value is -2.28. The second kappa shape index (κ2) is 6.71. The van der Waals surface area contributed by atoms with Crippen LogP contribution >= 0.6 is 0 Å². The van der Waals surface area contributed by atoms with Crippen molar-refractivity contribution in [3.8, 4) is 0 Å². The maximum absolute atomic E-state index is 14.3. The first kappa shape index (κ1) is 16.9. The fourth-order valence-corrected chi connectivity index (χ4v) is 4.59. The highest BCUT2D eigenvalue weighted by Gasteiger charge is 2.41. The summed E-state index contributed by atoms with van der Waals surface area (Å²) < 4.78 is 16.5. The number of aryl methyl sites for hydroxylation is 1. The van der Waals surface area contributed by atoms with Gasteiger partial charge in [-0.1, -0.05) is 30.3 Å². The Morgan fingerprint density at radius 3 is 2.78 bits per heavy atom. The molecule has 5 nitrogen and oxygen atoms in total. The van der Waals surface area contributed by atoms with Crippen LogP contribution in [0.15, 0.2) is 48.5 Å². The molecule has 0 saturated carbocycles. The monoisotopic (exact) mass is 365 g/mol. The molecule has 2 N–H and O–H groups in total. The Labute approximate surface area is 158 Å². The molecular weight excluding hydrogens is 341 g/mol. The van der Waals surface area contributed by atoms with Crippen molar-refractivity contribution >= 4 is 11.0 Å². The second-order valence-corrected chi connectivity index (χ2v) is 7.66. The first-order valence-corrected chi connectivity index (χ1v) is 9.59. The van der Waals surface area contributed by atoms with Crippen molar-refractivity contribution < 1.29 is 4.39 Å². The highest BCUT2D eigenvalue weighted by molar-refractivity contribution is 5.75. The van der Waals surface area contributed by atoms with E-state index in [1.165, 1.54) is 0 Å². The molecule has 140 valence electrons. The summed E-state index contributed by atoms with van der Waals surface area (Å²) in [4.78, 5) is 7.26. The van der Waals surface area contributed by atoms with Crippen LogP contribution in [0.2, 0.25) is 0 Å². The molecule has 0 radical (unpaired) electrons. The zero-order chi connectivity index (χ0) is 18.4. The minimum atomic E-state index is -0.134. The van der Waals surface area contributed by atoms with E-state index >= 15 is 0 Å². The summed E-state index contributed by atoms with van der Waals surface area (Å²) in [7, 11) is 2.08. The Morgan fingerprint density at radius 2 is 1.93 bits per heavy atom. The van der Waals surface area contributed by atoms with Crippen LogP contribution < -0.4 is 10.9 Å². The van der Waals surface area contributed by atoms with Gasteiger partial charge in [0.15, 0.2) is 0 Å². The maximum atomic E-state index is 14.3. The van der Waals surface area contributed by atoms with Crippen LogP contribution in [0.25, 0.3) is 11.0 Å². The number of hydrazine groups is 1. The number of benzene rings is 2. The van der Waals surface area contributed by atoms with Crippen molar-refractivity contribution in [3.05, 3.63) is 65.7 Å². The molecule has 0 amide bonds. The molecule has 2 fully saturated rings. The average molecular weight is 365 g/mol. The summed E-state index contributed by atoms with van der Waals surface area (Å²) in [5.41, 5.74) is 9.68. The van der Waals surface area contributed by atoms with Crippen LogP contribution in [-0.2, 0) is 13.6 Å². The first-order chi connectivity index (χ1) is 13.2. The largest absolute Gasteiger partial charge is 0.330 e. The summed E-state index contributed by atoms with van der Waals surface area (Å²) in [6, 6.07) is 15.7. The molecule has 0 aliphatic carbocycles. The van der Waals surface area contributed by atoms with Gasteiger partial charge in [0.1, 0.15) is 11.6 Å². The fraction of sp³-hybridized carbons (Fsp3) is 0.381. The molecule has 3 heterocycles. The topological polar surface area (TPSA) is 45.1 Å². The lowest BCUT2D eigenvalue weighted by atomic mass is 9.85. The molecule has 2 aliphatic rings. The van der Waals surface area contributed by atoms with Gasteiger partial charge < -0.3 is 4.57 Å². The lowest BCUT2D eigenvalue weighted by Gasteiger charge is -2.36. The van der Waals surface area contributed by atoms with Crippen molar-refractivity contribution in [2.75, 3.05) is 13.1 Å². The number of nitrogens with one attached hydrogen (secondary N) is 2. The summed E-state index contributed by atoms with van der Waals surface area (Å²) in [5.74, 6) is 1.28. The highest BCUT2D eigenvalue weighted by Crippen LogP contribution is 2.35. The third-order valence-electron chi connectivity index (χ3n) is 6.08. The standard InChI is InChI=1S/C21H24FN5/c1-26-19-9-5-4-8-18(19)23-20(26)13-27-11-10-17-15(12-27)21(25-24-17)14-6-2-3-7-16(14)22/h2-9,15,17,21,24-25H,10-13H2,1H3. The van der Waals surface area contributed by atoms with E-state index in [0.717, 1.165) is 48.5 Å². The molecule has 5 rings (SSSR count). The Bertz CT molecular complexity index is 968. The van der Waals surface area contributed by atoms with Gasteiger partial charge in [-0.05, 0) is 24.6 Å². The van der Waals surface area contributed by atoms with Crippen LogP contribution in [-0.4, -0.2) is 33.6 Å². The van der Waals surface area contributed by atoms with E-state index in [1.807, 2.05) is 24.3 Å². The molecule has 3 unspecified atom stereocenters. The number of hydrogen-bond acceptors (Lipinski definition) is 4. The molecule has 0 bridgehead atoms. The Morgan fingerprint density at radius 1 is 1.11 bits per heavy atom. The molecule has 6 heteroatoms. The third kappa shape index (κ3) is 2.94. The molecule has 2 saturated heterocycles. The quantitative estimate of drug-likeness (QED) is 0.749. The van der Waals surface area contributed by atoms with Gasteiger partial charge in [-0.2, -0.15) is 0 Å². The molecule has 3 aromatic rings. The van der Waals surface area contributed by atoms with Crippen molar-refractivity contribution in [1.29, 1.82) is 0 Å². The smallest absolute Gasteiger partial charge is 0.128 e. The zero-order valence-corrected chi connectivity index (χ0v) is 15.4. The minimum absolute atomic E-state index is 0.000515. The van der Waals surface area contributed by atoms with Crippen molar-refractivity contribution in [2.24, 2.45) is 13.0 Å². The van der Waals surface area contributed by atoms with Crippen molar-refractivity contribution in [3.63, 3.8) is 0 Å². The molecule has 0 spiro atoms. The average Bonchev–Trinajstić information content (AvgIpc) is 3.24. The van der Waals surface area contributed by atoms with Gasteiger partial charge in [-0.25, -0.2) is 14.8 Å². The van der Waals surface area contributed by atoms with Gasteiger partial charge in [-0.3, -0.25) is 10.3 Å². The Kier molecular flexibility index (Phi) is 4.19. The van der Waals surface area contributed by atoms with Crippen molar-refractivity contribution in [2.45, 2.75) is 25.0 Å². The van der Waals surface area contributed by atoms with Gasteiger partial charge >= 0.3 is 0 Å². The van der Waals surface area contributed by atoms with E-state index in [4.69, 9.17) is 4.98 Å². The Balaban J connectivity index is 1.37. The van der Waals surface area contributed by atoms with Crippen LogP contribution in [0, 0.1) is 11.7 Å². The fourth-order valence-electron chi connectivity index (χ4n) is 4.59. The van der Waals surface area contributed by atoms with Crippen LogP contribution in [0.5, 0.6) is 0 Å². The number of halogens is 1. The summed E-state index contributed by atoms with van der Waals surface area (Å²) in [5, 5.41) is 0. The molecule has 2 aliphatic heterocycles. The number of likely N-dealkylation sites (tertiary alicyclic amines) is 1. The van der Waals surface area contributed by atoms with E-state index in [2.05, 4.69) is 39.5 Å². The SMILES string of the molecule is Cn1c(CN2CCC3NNC(c4ccccc4F)C3C2)nc2ccccc21. The number of para-hydroxylation sites is 2. The van der Waals surface area contributed by atoms with E-state index < -0.39 is 0 Å². The number of fused-ring (bicyclic) bond motifs is 2. The highest BCUT2D eigenvalue weighted by atomic mass is 19.1. The number of nitrogens with zero attached hydrogens (tertiary/aromatic N) is 3. The summed E-state index contributed by atoms with van der Waals surface area (Å²) in [6.45, 7) is 2.76.